The summed E-state index contributed by atoms with van der Waals surface area (Å²) >= 11 is 0. The average Bonchev–Trinajstić information content (AvgIpc) is 2.82. The monoisotopic (exact) mass is 262 g/mol. The molecule has 0 spiro atoms. The topological polar surface area (TPSA) is 17.8 Å². The minimum absolute atomic E-state index is 1.02. The van der Waals surface area contributed by atoms with Crippen LogP contribution in [0.25, 0.3) is 22.5 Å². The summed E-state index contributed by atoms with van der Waals surface area (Å²) in [5.74, 6) is 0. The Hall–Kier alpha value is -2.35. The largest absolute Gasteiger partial charge is 0.267 e. The zero-order chi connectivity index (χ0) is 14.1. The number of benzene rings is 2. The van der Waals surface area contributed by atoms with E-state index in [1.54, 1.807) is 0 Å². The third-order valence-electron chi connectivity index (χ3n) is 3.57. The molecule has 0 aliphatic carbocycles. The molecule has 0 saturated carbocycles. The fourth-order valence-electron chi connectivity index (χ4n) is 2.33. The van der Waals surface area contributed by atoms with Crippen molar-refractivity contribution in [3.8, 4) is 22.5 Å². The standard InChI is InChI=1S/C18H18N2/c1-13-4-8-15(9-5-13)17-12-18(20(3)19-17)16-10-6-14(2)7-11-16/h4-12H,1-3H3. The first kappa shape index (κ1) is 12.7. The smallest absolute Gasteiger partial charge is 0.0929 e. The summed E-state index contributed by atoms with van der Waals surface area (Å²) in [6.45, 7) is 4.20. The van der Waals surface area contributed by atoms with E-state index in [4.69, 9.17) is 0 Å². The van der Waals surface area contributed by atoms with E-state index in [9.17, 15) is 0 Å². The average molecular weight is 262 g/mol. The predicted molar refractivity (Wildman–Crippen MR) is 83.6 cm³/mol. The van der Waals surface area contributed by atoms with Crippen LogP contribution in [0.2, 0.25) is 0 Å². The van der Waals surface area contributed by atoms with Gasteiger partial charge in [-0.25, -0.2) is 0 Å². The number of aryl methyl sites for hydroxylation is 3. The maximum absolute atomic E-state index is 4.63. The van der Waals surface area contributed by atoms with Crippen molar-refractivity contribution in [3.63, 3.8) is 0 Å². The zero-order valence-electron chi connectivity index (χ0n) is 12.1. The molecule has 3 aromatic rings. The number of nitrogens with zero attached hydrogens (tertiary/aromatic N) is 2. The molecular formula is C18H18N2. The van der Waals surface area contributed by atoms with Crippen molar-refractivity contribution in [1.29, 1.82) is 0 Å². The van der Waals surface area contributed by atoms with Gasteiger partial charge in [-0.1, -0.05) is 59.7 Å². The number of aromatic nitrogens is 2. The highest BCUT2D eigenvalue weighted by Gasteiger charge is 2.08. The van der Waals surface area contributed by atoms with Crippen LogP contribution in [-0.2, 0) is 7.05 Å². The van der Waals surface area contributed by atoms with E-state index in [0.29, 0.717) is 0 Å². The molecule has 0 bridgehead atoms. The summed E-state index contributed by atoms with van der Waals surface area (Å²) in [6.07, 6.45) is 0. The van der Waals surface area contributed by atoms with Gasteiger partial charge in [0.25, 0.3) is 0 Å². The summed E-state index contributed by atoms with van der Waals surface area (Å²) in [4.78, 5) is 0. The van der Waals surface area contributed by atoms with Crippen LogP contribution >= 0.6 is 0 Å². The van der Waals surface area contributed by atoms with E-state index in [-0.39, 0.29) is 0 Å². The Morgan fingerprint density at radius 3 is 1.80 bits per heavy atom. The summed E-state index contributed by atoms with van der Waals surface area (Å²) in [5, 5.41) is 4.63. The van der Waals surface area contributed by atoms with Crippen molar-refractivity contribution in [2.75, 3.05) is 0 Å². The minimum atomic E-state index is 1.02. The second kappa shape index (κ2) is 4.97. The molecule has 20 heavy (non-hydrogen) atoms. The van der Waals surface area contributed by atoms with Crippen molar-refractivity contribution in [2.24, 2.45) is 7.05 Å². The number of hydrogen-bond donors (Lipinski definition) is 0. The maximum atomic E-state index is 4.63. The van der Waals surface area contributed by atoms with Crippen LogP contribution < -0.4 is 0 Å². The first-order chi connectivity index (χ1) is 9.63. The molecule has 3 rings (SSSR count). The van der Waals surface area contributed by atoms with Gasteiger partial charge < -0.3 is 0 Å². The first-order valence-electron chi connectivity index (χ1n) is 6.81. The van der Waals surface area contributed by atoms with Crippen LogP contribution in [-0.4, -0.2) is 9.78 Å². The van der Waals surface area contributed by atoms with Gasteiger partial charge in [-0.05, 0) is 25.5 Å². The highest BCUT2D eigenvalue weighted by molar-refractivity contribution is 5.69. The van der Waals surface area contributed by atoms with Gasteiger partial charge >= 0.3 is 0 Å². The third kappa shape index (κ3) is 2.37. The highest BCUT2D eigenvalue weighted by atomic mass is 15.3. The Morgan fingerprint density at radius 1 is 0.750 bits per heavy atom. The van der Waals surface area contributed by atoms with Gasteiger partial charge in [-0.3, -0.25) is 4.68 Å². The Morgan fingerprint density at radius 2 is 1.25 bits per heavy atom. The molecule has 0 unspecified atom stereocenters. The van der Waals surface area contributed by atoms with Crippen LogP contribution in [0.3, 0.4) is 0 Å². The van der Waals surface area contributed by atoms with Crippen LogP contribution in [0.5, 0.6) is 0 Å². The zero-order valence-corrected chi connectivity index (χ0v) is 12.1. The van der Waals surface area contributed by atoms with Crippen molar-refractivity contribution >= 4 is 0 Å². The van der Waals surface area contributed by atoms with Crippen molar-refractivity contribution in [1.82, 2.24) is 9.78 Å². The lowest BCUT2D eigenvalue weighted by atomic mass is 10.1. The molecule has 0 saturated heterocycles. The van der Waals surface area contributed by atoms with Crippen LogP contribution in [0.15, 0.2) is 54.6 Å². The van der Waals surface area contributed by atoms with E-state index in [2.05, 4.69) is 73.5 Å². The molecule has 2 heteroatoms. The quantitative estimate of drug-likeness (QED) is 0.670. The summed E-state index contributed by atoms with van der Waals surface area (Å²) in [5.41, 5.74) is 7.05. The molecule has 100 valence electrons. The Kier molecular flexibility index (Phi) is 3.15. The summed E-state index contributed by atoms with van der Waals surface area (Å²) < 4.78 is 1.94. The van der Waals surface area contributed by atoms with Gasteiger partial charge in [0.2, 0.25) is 0 Å². The van der Waals surface area contributed by atoms with Crippen LogP contribution in [0.4, 0.5) is 0 Å². The summed E-state index contributed by atoms with van der Waals surface area (Å²) in [7, 11) is 1.99. The third-order valence-corrected chi connectivity index (χ3v) is 3.57. The molecule has 0 radical (unpaired) electrons. The fourth-order valence-corrected chi connectivity index (χ4v) is 2.33. The van der Waals surface area contributed by atoms with Gasteiger partial charge in [0.05, 0.1) is 11.4 Å². The fraction of sp³-hybridized carbons (Fsp3) is 0.167. The minimum Gasteiger partial charge on any atom is -0.267 e. The molecular weight excluding hydrogens is 244 g/mol. The SMILES string of the molecule is Cc1ccc(-c2cc(-c3ccc(C)cc3)n(C)n2)cc1. The van der Waals surface area contributed by atoms with Gasteiger partial charge in [-0.15, -0.1) is 0 Å². The Bertz CT molecular complexity index is 719. The normalized spacial score (nSPS) is 10.8. The highest BCUT2D eigenvalue weighted by Crippen LogP contribution is 2.26. The second-order valence-corrected chi connectivity index (χ2v) is 5.27. The van der Waals surface area contributed by atoms with Gasteiger partial charge in [0.1, 0.15) is 0 Å². The maximum Gasteiger partial charge on any atom is 0.0929 e. The Balaban J connectivity index is 2.02. The predicted octanol–water partition coefficient (Wildman–Crippen LogP) is 4.37. The molecule has 1 aromatic heterocycles. The van der Waals surface area contributed by atoms with E-state index in [1.807, 2.05) is 11.7 Å². The van der Waals surface area contributed by atoms with Crippen molar-refractivity contribution in [2.45, 2.75) is 13.8 Å². The molecule has 1 heterocycles. The lowest BCUT2D eigenvalue weighted by Gasteiger charge is -2.01. The number of rotatable bonds is 2. The molecule has 0 fully saturated rings. The van der Waals surface area contributed by atoms with Gasteiger partial charge in [0.15, 0.2) is 0 Å². The molecule has 0 atom stereocenters. The molecule has 0 aliphatic heterocycles. The second-order valence-electron chi connectivity index (χ2n) is 5.27. The number of hydrogen-bond acceptors (Lipinski definition) is 1. The molecule has 0 N–H and O–H groups in total. The summed E-state index contributed by atoms with van der Waals surface area (Å²) in [6, 6.07) is 19.2. The van der Waals surface area contributed by atoms with Gasteiger partial charge in [0, 0.05) is 12.6 Å². The lowest BCUT2D eigenvalue weighted by Crippen LogP contribution is -1.93. The van der Waals surface area contributed by atoms with Crippen LogP contribution in [0, 0.1) is 13.8 Å². The van der Waals surface area contributed by atoms with E-state index >= 15 is 0 Å². The van der Waals surface area contributed by atoms with Crippen molar-refractivity contribution < 1.29 is 0 Å². The van der Waals surface area contributed by atoms with Gasteiger partial charge in [-0.2, -0.15) is 5.10 Å². The van der Waals surface area contributed by atoms with E-state index in [1.165, 1.54) is 16.7 Å². The van der Waals surface area contributed by atoms with Crippen LogP contribution in [0.1, 0.15) is 11.1 Å². The Labute approximate surface area is 119 Å². The first-order valence-corrected chi connectivity index (χ1v) is 6.81. The molecule has 2 nitrogen and oxygen atoms in total. The molecule has 2 aromatic carbocycles. The van der Waals surface area contributed by atoms with E-state index < -0.39 is 0 Å². The van der Waals surface area contributed by atoms with Crippen molar-refractivity contribution in [3.05, 3.63) is 65.7 Å². The molecule has 0 amide bonds. The van der Waals surface area contributed by atoms with E-state index in [0.717, 1.165) is 17.0 Å². The lowest BCUT2D eigenvalue weighted by molar-refractivity contribution is 0.779. The molecule has 0 aliphatic rings.